The van der Waals surface area contributed by atoms with E-state index >= 15 is 0 Å². The van der Waals surface area contributed by atoms with Crippen molar-refractivity contribution in [2.24, 2.45) is 0 Å². The van der Waals surface area contributed by atoms with Crippen LogP contribution < -0.4 is 14.2 Å². The van der Waals surface area contributed by atoms with Crippen molar-refractivity contribution in [3.05, 3.63) is 54.1 Å². The fourth-order valence-electron chi connectivity index (χ4n) is 3.04. The largest absolute Gasteiger partial charge is 0.497 e. The quantitative estimate of drug-likeness (QED) is 0.810. The number of hydrogen-bond acceptors (Lipinski definition) is 4. The molecule has 3 rings (SSSR count). The van der Waals surface area contributed by atoms with Crippen molar-refractivity contribution >= 4 is 5.91 Å². The van der Waals surface area contributed by atoms with Crippen LogP contribution in [0.4, 0.5) is 0 Å². The summed E-state index contributed by atoms with van der Waals surface area (Å²) in [6.45, 7) is 1.56. The molecule has 1 aliphatic heterocycles. The summed E-state index contributed by atoms with van der Waals surface area (Å²) in [4.78, 5) is 14.2. The van der Waals surface area contributed by atoms with Crippen molar-refractivity contribution in [1.82, 2.24) is 4.90 Å². The molecule has 2 aromatic carbocycles. The highest BCUT2D eigenvalue weighted by molar-refractivity contribution is 5.78. The lowest BCUT2D eigenvalue weighted by Crippen LogP contribution is -2.32. The van der Waals surface area contributed by atoms with E-state index in [1.165, 1.54) is 5.56 Å². The minimum absolute atomic E-state index is 0.0202. The van der Waals surface area contributed by atoms with Gasteiger partial charge >= 0.3 is 0 Å². The molecule has 1 aliphatic rings. The molecule has 0 N–H and O–H groups in total. The normalized spacial score (nSPS) is 16.6. The van der Waals surface area contributed by atoms with Gasteiger partial charge in [-0.25, -0.2) is 0 Å². The average molecular weight is 341 g/mol. The van der Waals surface area contributed by atoms with Gasteiger partial charge in [0.2, 0.25) is 0 Å². The molecule has 132 valence electrons. The predicted octanol–water partition coefficient (Wildman–Crippen LogP) is 3.10. The van der Waals surface area contributed by atoms with Gasteiger partial charge in [0.1, 0.15) is 17.2 Å². The van der Waals surface area contributed by atoms with Gasteiger partial charge in [-0.3, -0.25) is 4.79 Å². The van der Waals surface area contributed by atoms with Crippen LogP contribution in [0.3, 0.4) is 0 Å². The van der Waals surface area contributed by atoms with E-state index in [1.807, 2.05) is 29.2 Å². The van der Waals surface area contributed by atoms with Gasteiger partial charge in [0, 0.05) is 19.0 Å². The van der Waals surface area contributed by atoms with E-state index in [9.17, 15) is 4.79 Å². The van der Waals surface area contributed by atoms with Gasteiger partial charge in [0.15, 0.2) is 6.61 Å². The Morgan fingerprint density at radius 2 is 1.52 bits per heavy atom. The van der Waals surface area contributed by atoms with E-state index in [-0.39, 0.29) is 12.5 Å². The summed E-state index contributed by atoms with van der Waals surface area (Å²) in [5.41, 5.74) is 1.24. The molecule has 0 saturated carbocycles. The van der Waals surface area contributed by atoms with E-state index in [4.69, 9.17) is 14.2 Å². The lowest BCUT2D eigenvalue weighted by molar-refractivity contribution is -0.132. The second-order valence-electron chi connectivity index (χ2n) is 6.06. The third-order valence-corrected chi connectivity index (χ3v) is 4.55. The molecule has 0 radical (unpaired) electrons. The number of benzene rings is 2. The first-order valence-corrected chi connectivity index (χ1v) is 8.38. The molecular formula is C20H23NO4. The number of likely N-dealkylation sites (tertiary alicyclic amines) is 1. The maximum absolute atomic E-state index is 12.4. The molecule has 25 heavy (non-hydrogen) atoms. The van der Waals surface area contributed by atoms with E-state index in [1.54, 1.807) is 26.4 Å². The SMILES string of the molecule is COc1ccc(OCC(=O)N2CCC(c3ccc(OC)cc3)C2)cc1. The molecule has 5 heteroatoms. The minimum Gasteiger partial charge on any atom is -0.497 e. The number of methoxy groups -OCH3 is 2. The molecule has 0 aromatic heterocycles. The molecule has 0 spiro atoms. The van der Waals surface area contributed by atoms with Crippen molar-refractivity contribution in [2.75, 3.05) is 33.9 Å². The lowest BCUT2D eigenvalue weighted by Gasteiger charge is -2.17. The Morgan fingerprint density at radius 3 is 2.12 bits per heavy atom. The zero-order chi connectivity index (χ0) is 17.6. The van der Waals surface area contributed by atoms with Crippen molar-refractivity contribution in [2.45, 2.75) is 12.3 Å². The number of nitrogens with zero attached hydrogens (tertiary/aromatic N) is 1. The molecule has 1 atom stereocenters. The van der Waals surface area contributed by atoms with Crippen LogP contribution in [0.15, 0.2) is 48.5 Å². The van der Waals surface area contributed by atoms with Gasteiger partial charge in [-0.2, -0.15) is 0 Å². The van der Waals surface area contributed by atoms with Crippen LogP contribution in [0.25, 0.3) is 0 Å². The molecule has 1 heterocycles. The first kappa shape index (κ1) is 17.1. The fraction of sp³-hybridized carbons (Fsp3) is 0.350. The minimum atomic E-state index is 0.0202. The summed E-state index contributed by atoms with van der Waals surface area (Å²) in [5, 5.41) is 0. The van der Waals surface area contributed by atoms with Gasteiger partial charge in [-0.05, 0) is 48.4 Å². The van der Waals surface area contributed by atoms with Crippen molar-refractivity contribution in [3.63, 3.8) is 0 Å². The van der Waals surface area contributed by atoms with Gasteiger partial charge < -0.3 is 19.1 Å². The van der Waals surface area contributed by atoms with Crippen LogP contribution in [-0.4, -0.2) is 44.7 Å². The Morgan fingerprint density at radius 1 is 0.960 bits per heavy atom. The number of ether oxygens (including phenoxy) is 3. The number of carbonyl (C=O) groups is 1. The van der Waals surface area contributed by atoms with E-state index in [2.05, 4.69) is 12.1 Å². The van der Waals surface area contributed by atoms with Crippen molar-refractivity contribution in [3.8, 4) is 17.2 Å². The highest BCUT2D eigenvalue weighted by Crippen LogP contribution is 2.28. The smallest absolute Gasteiger partial charge is 0.260 e. The number of rotatable bonds is 6. The maximum atomic E-state index is 12.4. The number of hydrogen-bond donors (Lipinski definition) is 0. The first-order valence-electron chi connectivity index (χ1n) is 8.38. The second-order valence-corrected chi connectivity index (χ2v) is 6.06. The number of carbonyl (C=O) groups excluding carboxylic acids is 1. The summed E-state index contributed by atoms with van der Waals surface area (Å²) in [7, 11) is 3.28. The summed E-state index contributed by atoms with van der Waals surface area (Å²) >= 11 is 0. The molecule has 5 nitrogen and oxygen atoms in total. The Balaban J connectivity index is 1.51. The van der Waals surface area contributed by atoms with Gasteiger partial charge in [-0.1, -0.05) is 12.1 Å². The topological polar surface area (TPSA) is 48.0 Å². The van der Waals surface area contributed by atoms with Crippen LogP contribution in [0, 0.1) is 0 Å². The molecule has 1 unspecified atom stereocenters. The molecule has 2 aromatic rings. The summed E-state index contributed by atoms with van der Waals surface area (Å²) in [5.74, 6) is 2.67. The van der Waals surface area contributed by atoms with Gasteiger partial charge in [-0.15, -0.1) is 0 Å². The Bertz CT molecular complexity index is 697. The van der Waals surface area contributed by atoms with Gasteiger partial charge in [0.05, 0.1) is 14.2 Å². The third-order valence-electron chi connectivity index (χ3n) is 4.55. The van der Waals surface area contributed by atoms with Crippen LogP contribution >= 0.6 is 0 Å². The van der Waals surface area contributed by atoms with E-state index < -0.39 is 0 Å². The zero-order valence-electron chi connectivity index (χ0n) is 14.6. The monoisotopic (exact) mass is 341 g/mol. The van der Waals surface area contributed by atoms with E-state index in [0.717, 1.165) is 31.0 Å². The highest BCUT2D eigenvalue weighted by atomic mass is 16.5. The summed E-state index contributed by atoms with van der Waals surface area (Å²) < 4.78 is 15.9. The standard InChI is InChI=1S/C20H23NO4/c1-23-17-5-3-15(4-6-17)16-11-12-21(13-16)20(22)14-25-19-9-7-18(24-2)8-10-19/h3-10,16H,11-14H2,1-2H3. The molecule has 0 aliphatic carbocycles. The average Bonchev–Trinajstić information content (AvgIpc) is 3.17. The molecule has 1 amide bonds. The molecule has 1 saturated heterocycles. The van der Waals surface area contributed by atoms with Crippen LogP contribution in [-0.2, 0) is 4.79 Å². The van der Waals surface area contributed by atoms with Crippen molar-refractivity contribution < 1.29 is 19.0 Å². The Labute approximate surface area is 148 Å². The molecular weight excluding hydrogens is 318 g/mol. The van der Waals surface area contributed by atoms with Gasteiger partial charge in [0.25, 0.3) is 5.91 Å². The van der Waals surface area contributed by atoms with Crippen LogP contribution in [0.1, 0.15) is 17.9 Å². The molecule has 1 fully saturated rings. The Hall–Kier alpha value is -2.69. The lowest BCUT2D eigenvalue weighted by atomic mass is 9.98. The first-order chi connectivity index (χ1) is 12.2. The Kier molecular flexibility index (Phi) is 5.43. The summed E-state index contributed by atoms with van der Waals surface area (Å²) in [6, 6.07) is 15.3. The van der Waals surface area contributed by atoms with Crippen LogP contribution in [0.5, 0.6) is 17.2 Å². The molecule has 0 bridgehead atoms. The second kappa shape index (κ2) is 7.92. The van der Waals surface area contributed by atoms with Crippen molar-refractivity contribution in [1.29, 1.82) is 0 Å². The van der Waals surface area contributed by atoms with E-state index in [0.29, 0.717) is 11.7 Å². The van der Waals surface area contributed by atoms with Crippen LogP contribution in [0.2, 0.25) is 0 Å². The predicted molar refractivity (Wildman–Crippen MR) is 95.4 cm³/mol. The zero-order valence-corrected chi connectivity index (χ0v) is 14.6. The fourth-order valence-corrected chi connectivity index (χ4v) is 3.04. The highest BCUT2D eigenvalue weighted by Gasteiger charge is 2.27. The maximum Gasteiger partial charge on any atom is 0.260 e. The third kappa shape index (κ3) is 4.24. The summed E-state index contributed by atoms with van der Waals surface area (Å²) in [6.07, 6.45) is 0.973. The number of amides is 1.